The Morgan fingerprint density at radius 1 is 1.11 bits per heavy atom. The molecule has 0 saturated heterocycles. The Labute approximate surface area is 109 Å². The van der Waals surface area contributed by atoms with E-state index in [1.54, 1.807) is 0 Å². The van der Waals surface area contributed by atoms with Crippen molar-refractivity contribution in [2.45, 2.75) is 33.6 Å². The summed E-state index contributed by atoms with van der Waals surface area (Å²) in [6.45, 7) is 6.59. The van der Waals surface area contributed by atoms with E-state index in [1.165, 1.54) is 5.56 Å². The van der Waals surface area contributed by atoms with Gasteiger partial charge >= 0.3 is 0 Å². The third kappa shape index (κ3) is 5.06. The van der Waals surface area contributed by atoms with E-state index in [0.29, 0.717) is 19.4 Å². The number of rotatable bonds is 6. The Morgan fingerprint density at radius 3 is 2.17 bits per heavy atom. The van der Waals surface area contributed by atoms with E-state index in [9.17, 15) is 8.42 Å². The second-order valence-electron chi connectivity index (χ2n) is 4.65. The Morgan fingerprint density at radius 2 is 1.67 bits per heavy atom. The summed E-state index contributed by atoms with van der Waals surface area (Å²) in [4.78, 5) is 0. The summed E-state index contributed by atoms with van der Waals surface area (Å²) in [5.74, 6) is 0.915. The van der Waals surface area contributed by atoms with Gasteiger partial charge in [-0.1, -0.05) is 17.7 Å². The molecule has 0 saturated carbocycles. The topological polar surface area (TPSA) is 69.4 Å². The predicted octanol–water partition coefficient (Wildman–Crippen LogP) is 2.06. The first-order chi connectivity index (χ1) is 8.29. The number of hydrogen-bond donors (Lipinski definition) is 1. The van der Waals surface area contributed by atoms with Gasteiger partial charge in [-0.3, -0.25) is 0 Å². The van der Waals surface area contributed by atoms with Crippen molar-refractivity contribution in [2.24, 2.45) is 5.14 Å². The minimum absolute atomic E-state index is 0.0161. The average molecular weight is 271 g/mol. The number of ether oxygens (including phenoxy) is 1. The van der Waals surface area contributed by atoms with Crippen molar-refractivity contribution >= 4 is 10.0 Å². The average Bonchev–Trinajstić information content (AvgIpc) is 2.19. The third-order valence-electron chi connectivity index (χ3n) is 2.67. The van der Waals surface area contributed by atoms with Crippen molar-refractivity contribution in [3.63, 3.8) is 0 Å². The van der Waals surface area contributed by atoms with Crippen molar-refractivity contribution in [3.05, 3.63) is 28.8 Å². The van der Waals surface area contributed by atoms with Gasteiger partial charge in [-0.05, 0) is 44.7 Å². The highest BCUT2D eigenvalue weighted by Gasteiger charge is 2.06. The van der Waals surface area contributed by atoms with Crippen LogP contribution >= 0.6 is 0 Å². The van der Waals surface area contributed by atoms with Crippen LogP contribution in [0.5, 0.6) is 5.75 Å². The Balaban J connectivity index is 2.45. The first-order valence-corrected chi connectivity index (χ1v) is 7.72. The highest BCUT2D eigenvalue weighted by Crippen LogP contribution is 2.24. The molecule has 102 valence electrons. The van der Waals surface area contributed by atoms with Crippen molar-refractivity contribution in [3.8, 4) is 5.75 Å². The molecule has 0 amide bonds. The van der Waals surface area contributed by atoms with Crippen LogP contribution in [0.4, 0.5) is 0 Å². The maximum absolute atomic E-state index is 10.7. The van der Waals surface area contributed by atoms with Crippen LogP contribution in [0.25, 0.3) is 0 Å². The monoisotopic (exact) mass is 271 g/mol. The Hall–Kier alpha value is -1.07. The molecule has 0 fully saturated rings. The maximum Gasteiger partial charge on any atom is 0.209 e. The van der Waals surface area contributed by atoms with Gasteiger partial charge in [0, 0.05) is 0 Å². The molecule has 18 heavy (non-hydrogen) atoms. The second-order valence-corrected chi connectivity index (χ2v) is 6.38. The van der Waals surface area contributed by atoms with Crippen LogP contribution in [-0.2, 0) is 10.0 Å². The van der Waals surface area contributed by atoms with E-state index in [4.69, 9.17) is 9.88 Å². The molecular weight excluding hydrogens is 250 g/mol. The van der Waals surface area contributed by atoms with E-state index in [1.807, 2.05) is 13.8 Å². The molecular formula is C13H21NO3S. The van der Waals surface area contributed by atoms with Crippen LogP contribution in [0.2, 0.25) is 0 Å². The van der Waals surface area contributed by atoms with E-state index >= 15 is 0 Å². The summed E-state index contributed by atoms with van der Waals surface area (Å²) >= 11 is 0. The fraction of sp³-hybridized carbons (Fsp3) is 0.538. The van der Waals surface area contributed by atoms with Gasteiger partial charge in [0.2, 0.25) is 10.0 Å². The SMILES string of the molecule is Cc1cc(C)c(OCCCCS(N)(=O)=O)c(C)c1. The number of sulfonamides is 1. The van der Waals surface area contributed by atoms with Gasteiger partial charge in [-0.2, -0.15) is 0 Å². The number of unbranched alkanes of at least 4 members (excludes halogenated alkanes) is 1. The molecule has 1 aromatic carbocycles. The summed E-state index contributed by atoms with van der Waals surface area (Å²) in [7, 11) is -3.35. The van der Waals surface area contributed by atoms with Crippen LogP contribution in [0.15, 0.2) is 12.1 Å². The summed E-state index contributed by atoms with van der Waals surface area (Å²) in [6, 6.07) is 4.15. The third-order valence-corrected chi connectivity index (χ3v) is 3.53. The molecule has 0 aliphatic heterocycles. The standard InChI is InChI=1S/C13H21NO3S/c1-10-8-11(2)13(12(3)9-10)17-6-4-5-7-18(14,15)16/h8-9H,4-7H2,1-3H3,(H2,14,15,16). The molecule has 0 heterocycles. The van der Waals surface area contributed by atoms with Gasteiger partial charge in [0.25, 0.3) is 0 Å². The first-order valence-electron chi connectivity index (χ1n) is 6.01. The zero-order valence-electron chi connectivity index (χ0n) is 11.2. The van der Waals surface area contributed by atoms with Crippen LogP contribution in [0, 0.1) is 20.8 Å². The van der Waals surface area contributed by atoms with Gasteiger partial charge in [-0.15, -0.1) is 0 Å². The largest absolute Gasteiger partial charge is 0.493 e. The highest BCUT2D eigenvalue weighted by atomic mass is 32.2. The zero-order valence-corrected chi connectivity index (χ0v) is 12.0. The molecule has 0 atom stereocenters. The lowest BCUT2D eigenvalue weighted by atomic mass is 10.1. The van der Waals surface area contributed by atoms with Crippen molar-refractivity contribution < 1.29 is 13.2 Å². The van der Waals surface area contributed by atoms with Gasteiger partial charge in [0.1, 0.15) is 5.75 Å². The lowest BCUT2D eigenvalue weighted by Crippen LogP contribution is -2.16. The molecule has 0 spiro atoms. The van der Waals surface area contributed by atoms with Crippen molar-refractivity contribution in [2.75, 3.05) is 12.4 Å². The van der Waals surface area contributed by atoms with Crippen LogP contribution < -0.4 is 9.88 Å². The van der Waals surface area contributed by atoms with Crippen molar-refractivity contribution in [1.82, 2.24) is 0 Å². The molecule has 0 aromatic heterocycles. The Kier molecular flexibility index (Phi) is 5.16. The second kappa shape index (κ2) is 6.20. The fourth-order valence-corrected chi connectivity index (χ4v) is 2.58. The van der Waals surface area contributed by atoms with E-state index in [-0.39, 0.29) is 5.75 Å². The van der Waals surface area contributed by atoms with Crippen LogP contribution in [0.3, 0.4) is 0 Å². The highest BCUT2D eigenvalue weighted by molar-refractivity contribution is 7.89. The summed E-state index contributed by atoms with van der Waals surface area (Å²) < 4.78 is 27.2. The minimum atomic E-state index is -3.35. The normalized spacial score (nSPS) is 11.6. The lowest BCUT2D eigenvalue weighted by molar-refractivity contribution is 0.305. The fourth-order valence-electron chi connectivity index (χ4n) is 1.97. The minimum Gasteiger partial charge on any atom is -0.493 e. The van der Waals surface area contributed by atoms with E-state index < -0.39 is 10.0 Å². The van der Waals surface area contributed by atoms with Gasteiger partial charge in [0.05, 0.1) is 12.4 Å². The molecule has 1 aromatic rings. The lowest BCUT2D eigenvalue weighted by Gasteiger charge is -2.12. The molecule has 0 bridgehead atoms. The molecule has 0 aliphatic rings. The molecule has 5 heteroatoms. The van der Waals surface area contributed by atoms with Gasteiger partial charge in [0.15, 0.2) is 0 Å². The zero-order chi connectivity index (χ0) is 13.8. The molecule has 0 unspecified atom stereocenters. The molecule has 0 radical (unpaired) electrons. The molecule has 1 rings (SSSR count). The van der Waals surface area contributed by atoms with Gasteiger partial charge in [-0.25, -0.2) is 13.6 Å². The number of aryl methyl sites for hydroxylation is 3. The predicted molar refractivity (Wildman–Crippen MR) is 73.4 cm³/mol. The smallest absolute Gasteiger partial charge is 0.209 e. The number of hydrogen-bond acceptors (Lipinski definition) is 3. The first kappa shape index (κ1) is 15.0. The quantitative estimate of drug-likeness (QED) is 0.805. The molecule has 2 N–H and O–H groups in total. The van der Waals surface area contributed by atoms with E-state index in [0.717, 1.165) is 16.9 Å². The van der Waals surface area contributed by atoms with Gasteiger partial charge < -0.3 is 4.74 Å². The summed E-state index contributed by atoms with van der Waals surface area (Å²) in [5, 5.41) is 4.93. The molecule has 0 aliphatic carbocycles. The number of nitrogens with two attached hydrogens (primary N) is 1. The number of primary sulfonamides is 1. The summed E-state index contributed by atoms with van der Waals surface area (Å²) in [6.07, 6.45) is 1.21. The number of benzene rings is 1. The Bertz CT molecular complexity index is 486. The van der Waals surface area contributed by atoms with Crippen molar-refractivity contribution in [1.29, 1.82) is 0 Å². The maximum atomic E-state index is 10.7. The molecule has 4 nitrogen and oxygen atoms in total. The summed E-state index contributed by atoms with van der Waals surface area (Å²) in [5.41, 5.74) is 3.43. The van der Waals surface area contributed by atoms with Crippen LogP contribution in [0.1, 0.15) is 29.5 Å². The van der Waals surface area contributed by atoms with E-state index in [2.05, 4.69) is 19.1 Å². The van der Waals surface area contributed by atoms with Crippen LogP contribution in [-0.4, -0.2) is 20.8 Å².